The van der Waals surface area contributed by atoms with E-state index in [0.29, 0.717) is 5.82 Å². The zero-order chi connectivity index (χ0) is 35.1. The molecule has 4 nitrogen and oxygen atoms in total. The Bertz CT molecular complexity index is 2880. The van der Waals surface area contributed by atoms with Crippen molar-refractivity contribution in [3.05, 3.63) is 188 Å². The number of fused-ring (bicyclic) bond motifs is 4. The number of aromatic nitrogens is 4. The van der Waals surface area contributed by atoms with Gasteiger partial charge in [0.1, 0.15) is 5.69 Å². The zero-order valence-corrected chi connectivity index (χ0v) is 29.4. The number of nitrogens with zero attached hydrogens (tertiary/aromatic N) is 4. The minimum Gasteiger partial charge on any atom is -0.246 e. The highest BCUT2D eigenvalue weighted by molar-refractivity contribution is 7.23. The van der Waals surface area contributed by atoms with E-state index in [4.69, 9.17) is 15.1 Å². The summed E-state index contributed by atoms with van der Waals surface area (Å²) >= 11 is 1.81. The van der Waals surface area contributed by atoms with E-state index in [0.717, 1.165) is 50.2 Å². The minimum atomic E-state index is 0.668. The van der Waals surface area contributed by atoms with Crippen LogP contribution in [-0.4, -0.2) is 15.1 Å². The first-order valence-corrected chi connectivity index (χ1v) is 18.5. The van der Waals surface area contributed by atoms with Gasteiger partial charge in [-0.1, -0.05) is 158 Å². The number of pyridine rings is 1. The molecule has 0 N–H and O–H groups in total. The molecule has 0 fully saturated rings. The van der Waals surface area contributed by atoms with Gasteiger partial charge in [-0.2, -0.15) is 0 Å². The van der Waals surface area contributed by atoms with Crippen LogP contribution in [0.3, 0.4) is 0 Å². The Balaban J connectivity index is 1.24. The summed E-state index contributed by atoms with van der Waals surface area (Å²) in [6, 6.07) is 63.7. The van der Waals surface area contributed by atoms with Crippen molar-refractivity contribution in [3.8, 4) is 61.2 Å². The average Bonchev–Trinajstić information content (AvgIpc) is 3.65. The van der Waals surface area contributed by atoms with Crippen molar-refractivity contribution in [3.63, 3.8) is 0 Å². The Labute approximate surface area is 311 Å². The third-order valence-electron chi connectivity index (χ3n) is 9.76. The van der Waals surface area contributed by atoms with E-state index in [2.05, 4.69) is 146 Å². The maximum absolute atomic E-state index is 5.30. The lowest BCUT2D eigenvalue weighted by Crippen LogP contribution is -2.36. The molecule has 0 aliphatic rings. The van der Waals surface area contributed by atoms with E-state index in [9.17, 15) is 0 Å². The highest BCUT2D eigenvalue weighted by atomic mass is 32.1. The quantitative estimate of drug-likeness (QED) is 0.163. The van der Waals surface area contributed by atoms with E-state index >= 15 is 0 Å². The molecule has 3 aromatic heterocycles. The average molecular weight is 696 g/mol. The van der Waals surface area contributed by atoms with Crippen molar-refractivity contribution >= 4 is 43.1 Å². The fourth-order valence-electron chi connectivity index (χ4n) is 7.22. The predicted molar refractivity (Wildman–Crippen MR) is 219 cm³/mol. The van der Waals surface area contributed by atoms with Gasteiger partial charge in [0.25, 0.3) is 0 Å². The van der Waals surface area contributed by atoms with Crippen molar-refractivity contribution in [1.29, 1.82) is 0 Å². The van der Waals surface area contributed by atoms with Crippen LogP contribution in [0.4, 0.5) is 0 Å². The van der Waals surface area contributed by atoms with Crippen LogP contribution < -0.4 is 4.68 Å². The molecule has 53 heavy (non-hydrogen) atoms. The summed E-state index contributed by atoms with van der Waals surface area (Å²) < 4.78 is 3.14. The van der Waals surface area contributed by atoms with Crippen LogP contribution in [0.15, 0.2) is 188 Å². The number of para-hydroxylation sites is 1. The molecule has 0 atom stereocenters. The second-order valence-corrected chi connectivity index (χ2v) is 14.1. The highest BCUT2D eigenvalue weighted by Gasteiger charge is 2.24. The predicted octanol–water partition coefficient (Wildman–Crippen LogP) is 12.0. The number of rotatable bonds is 6. The van der Waals surface area contributed by atoms with Crippen molar-refractivity contribution in [1.82, 2.24) is 15.1 Å². The summed E-state index contributed by atoms with van der Waals surface area (Å²) in [5.74, 6) is 0.668. The highest BCUT2D eigenvalue weighted by Crippen LogP contribution is 2.50. The molecule has 5 heteroatoms. The molecule has 0 amide bonds. The molecule has 0 aliphatic heterocycles. The summed E-state index contributed by atoms with van der Waals surface area (Å²) in [5.41, 5.74) is 10.4. The maximum atomic E-state index is 5.30. The molecule has 10 rings (SSSR count). The molecule has 10 aromatic rings. The van der Waals surface area contributed by atoms with E-state index in [1.54, 1.807) is 0 Å². The molecular formula is C48H31N4S+. The Morgan fingerprint density at radius 3 is 1.92 bits per heavy atom. The van der Waals surface area contributed by atoms with Gasteiger partial charge < -0.3 is 0 Å². The van der Waals surface area contributed by atoms with Crippen LogP contribution in [0.25, 0.3) is 92.9 Å². The summed E-state index contributed by atoms with van der Waals surface area (Å²) in [6.07, 6.45) is 2.03. The van der Waals surface area contributed by atoms with Crippen molar-refractivity contribution < 1.29 is 4.68 Å². The fourth-order valence-corrected chi connectivity index (χ4v) is 8.56. The fraction of sp³-hybridized carbons (Fsp3) is 0. The second-order valence-electron chi connectivity index (χ2n) is 13.1. The molecular weight excluding hydrogens is 665 g/mol. The van der Waals surface area contributed by atoms with Gasteiger partial charge >= 0.3 is 0 Å². The van der Waals surface area contributed by atoms with E-state index in [1.807, 2.05) is 58.6 Å². The second kappa shape index (κ2) is 13.1. The van der Waals surface area contributed by atoms with Crippen LogP contribution in [0, 0.1) is 0 Å². The third-order valence-corrected chi connectivity index (χ3v) is 11.0. The normalized spacial score (nSPS) is 11.4. The number of hydrogen-bond donors (Lipinski definition) is 0. The van der Waals surface area contributed by atoms with Gasteiger partial charge in [-0.05, 0) is 38.7 Å². The lowest BCUT2D eigenvalue weighted by atomic mass is 9.94. The third kappa shape index (κ3) is 5.64. The number of hydrogen-bond acceptors (Lipinski definition) is 4. The van der Waals surface area contributed by atoms with Crippen LogP contribution in [0.5, 0.6) is 0 Å². The first-order chi connectivity index (χ1) is 26.3. The molecule has 7 aromatic carbocycles. The summed E-state index contributed by atoms with van der Waals surface area (Å²) in [4.78, 5) is 11.5. The SMILES string of the molecule is c1ccc(-c2c[n+](-c3cccc(-c4sc5c(-c6ccccc6)nc6ccccc6c5c4-c4ccc5ccccc5c4)c3)nc(-c3ccccc3)n2)cc1. The molecule has 0 unspecified atom stereocenters. The van der Waals surface area contributed by atoms with Gasteiger partial charge in [0.05, 0.1) is 15.9 Å². The Morgan fingerprint density at radius 2 is 1.13 bits per heavy atom. The number of benzene rings is 7. The largest absolute Gasteiger partial charge is 0.246 e. The first-order valence-electron chi connectivity index (χ1n) is 17.7. The van der Waals surface area contributed by atoms with Crippen molar-refractivity contribution in [2.75, 3.05) is 0 Å². The van der Waals surface area contributed by atoms with Crippen molar-refractivity contribution in [2.24, 2.45) is 0 Å². The summed E-state index contributed by atoms with van der Waals surface area (Å²) in [6.45, 7) is 0. The Morgan fingerprint density at radius 1 is 0.472 bits per heavy atom. The summed E-state index contributed by atoms with van der Waals surface area (Å²) in [7, 11) is 0. The Kier molecular flexibility index (Phi) is 7.63. The lowest BCUT2D eigenvalue weighted by molar-refractivity contribution is -0.658. The van der Waals surface area contributed by atoms with Crippen LogP contribution in [0.2, 0.25) is 0 Å². The molecule has 0 radical (unpaired) electrons. The van der Waals surface area contributed by atoms with Gasteiger partial charge in [-0.25, -0.2) is 9.97 Å². The van der Waals surface area contributed by atoms with Gasteiger partial charge in [0.2, 0.25) is 17.7 Å². The standard InChI is InChI=1S/C48H31N4S/c1-4-16-33(17-5-1)42-31-52(51-48(50-42)35-20-8-3-9-21-35)39-24-14-23-38(30-39)46-43(37-28-27-32-15-10-11-22-36(32)29-37)44-40-25-12-13-26-41(40)49-45(47(44)53-46)34-18-6-2-7-19-34/h1-31H/q+1. The first kappa shape index (κ1) is 31.0. The van der Waals surface area contributed by atoms with Gasteiger partial charge in [-0.15, -0.1) is 11.3 Å². The maximum Gasteiger partial charge on any atom is 0.238 e. The molecule has 0 spiro atoms. The van der Waals surface area contributed by atoms with E-state index < -0.39 is 0 Å². The lowest BCUT2D eigenvalue weighted by Gasteiger charge is -2.11. The van der Waals surface area contributed by atoms with Crippen LogP contribution in [0.1, 0.15) is 0 Å². The minimum absolute atomic E-state index is 0.668. The van der Waals surface area contributed by atoms with E-state index in [-0.39, 0.29) is 0 Å². The molecule has 0 bridgehead atoms. The molecule has 0 aliphatic carbocycles. The molecule has 0 saturated carbocycles. The van der Waals surface area contributed by atoms with Gasteiger partial charge in [0, 0.05) is 55.1 Å². The van der Waals surface area contributed by atoms with Crippen LogP contribution >= 0.6 is 11.3 Å². The molecule has 0 saturated heterocycles. The summed E-state index contributed by atoms with van der Waals surface area (Å²) in [5, 5.41) is 9.89. The monoisotopic (exact) mass is 695 g/mol. The number of thiophene rings is 1. The topological polar surface area (TPSA) is 42.5 Å². The Hall–Kier alpha value is -6.82. The van der Waals surface area contributed by atoms with Gasteiger partial charge in [0.15, 0.2) is 0 Å². The van der Waals surface area contributed by atoms with Crippen LogP contribution in [-0.2, 0) is 0 Å². The molecule has 3 heterocycles. The van der Waals surface area contributed by atoms with Crippen molar-refractivity contribution in [2.45, 2.75) is 0 Å². The molecule has 248 valence electrons. The smallest absolute Gasteiger partial charge is 0.238 e. The zero-order valence-electron chi connectivity index (χ0n) is 28.6. The van der Waals surface area contributed by atoms with E-state index in [1.165, 1.54) is 36.9 Å². The van der Waals surface area contributed by atoms with Gasteiger partial charge in [-0.3, -0.25) is 0 Å².